The average molecular weight is 654 g/mol. The maximum Gasteiger partial charge on any atom is 0.534 e. The lowest BCUT2D eigenvalue weighted by Crippen LogP contribution is -2.47. The molecule has 1 aliphatic heterocycles. The quantitative estimate of drug-likeness (QED) is 0.172. The van der Waals surface area contributed by atoms with Crippen molar-refractivity contribution < 1.29 is 40.0 Å². The standard InChI is InChI=1S/C25H32BrF3N2O6SSi/c1-5-36-24(32)20(30-19-8-6-18(26)7-9-19)14-17-15-21(31-10-12-35-13-11-31)23(39(2,3)4)22(16-17)37-38(33,34)25(27,28)29/h6-9,15-16,20,30H,5,10-14H2,1-4H3. The predicted molar refractivity (Wildman–Crippen MR) is 150 cm³/mol. The second-order valence-electron chi connectivity index (χ2n) is 9.98. The third-order valence-corrected chi connectivity index (χ3v) is 9.42. The Bertz CT molecular complexity index is 1260. The monoisotopic (exact) mass is 652 g/mol. The van der Waals surface area contributed by atoms with Crippen LogP contribution >= 0.6 is 15.9 Å². The second-order valence-corrected chi connectivity index (χ2v) is 17.4. The van der Waals surface area contributed by atoms with Gasteiger partial charge in [-0.05, 0) is 48.9 Å². The molecule has 1 saturated heterocycles. The third kappa shape index (κ3) is 8.11. The van der Waals surface area contributed by atoms with Gasteiger partial charge in [0.05, 0.1) is 27.9 Å². The Morgan fingerprint density at radius 3 is 2.31 bits per heavy atom. The minimum atomic E-state index is -5.94. The van der Waals surface area contributed by atoms with Gasteiger partial charge in [0.1, 0.15) is 11.8 Å². The van der Waals surface area contributed by atoms with Crippen molar-refractivity contribution in [1.29, 1.82) is 0 Å². The lowest BCUT2D eigenvalue weighted by Gasteiger charge is -2.35. The Hall–Kier alpha value is -2.29. The summed E-state index contributed by atoms with van der Waals surface area (Å²) in [5.74, 6) is -0.940. The normalized spacial score (nSPS) is 15.5. The summed E-state index contributed by atoms with van der Waals surface area (Å²) in [7, 11) is -8.42. The fourth-order valence-electron chi connectivity index (χ4n) is 4.23. The molecule has 0 amide bonds. The highest BCUT2D eigenvalue weighted by Crippen LogP contribution is 2.32. The molecule has 2 aromatic carbocycles. The highest BCUT2D eigenvalue weighted by Gasteiger charge is 2.49. The number of nitrogens with one attached hydrogen (secondary N) is 1. The van der Waals surface area contributed by atoms with Crippen LogP contribution in [-0.2, 0) is 30.8 Å². The fraction of sp³-hybridized carbons (Fsp3) is 0.480. The maximum atomic E-state index is 13.4. The molecule has 3 rings (SSSR count). The molecule has 1 aliphatic rings. The van der Waals surface area contributed by atoms with Gasteiger partial charge in [0.25, 0.3) is 0 Å². The van der Waals surface area contributed by atoms with Crippen molar-refractivity contribution in [2.75, 3.05) is 43.1 Å². The predicted octanol–water partition coefficient (Wildman–Crippen LogP) is 4.65. The molecule has 8 nitrogen and oxygen atoms in total. The number of alkyl halides is 3. The van der Waals surface area contributed by atoms with Crippen molar-refractivity contribution in [1.82, 2.24) is 0 Å². The van der Waals surface area contributed by atoms with Crippen LogP contribution < -0.4 is 19.6 Å². The number of benzene rings is 2. The molecule has 1 heterocycles. The Balaban J connectivity index is 2.14. The van der Waals surface area contributed by atoms with E-state index >= 15 is 0 Å². The summed E-state index contributed by atoms with van der Waals surface area (Å²) >= 11 is 3.36. The first-order chi connectivity index (χ1) is 18.1. The number of hydrogen-bond acceptors (Lipinski definition) is 8. The van der Waals surface area contributed by atoms with Gasteiger partial charge < -0.3 is 23.9 Å². The topological polar surface area (TPSA) is 94.2 Å². The van der Waals surface area contributed by atoms with Gasteiger partial charge >= 0.3 is 21.6 Å². The number of morpholine rings is 1. The average Bonchev–Trinajstić information content (AvgIpc) is 2.83. The summed E-state index contributed by atoms with van der Waals surface area (Å²) in [5, 5.41) is 3.56. The minimum Gasteiger partial charge on any atom is -0.464 e. The van der Waals surface area contributed by atoms with E-state index in [4.69, 9.17) is 13.7 Å². The van der Waals surface area contributed by atoms with Gasteiger partial charge in [-0.3, -0.25) is 0 Å². The number of rotatable bonds is 10. The van der Waals surface area contributed by atoms with Crippen LogP contribution in [0.15, 0.2) is 40.9 Å². The van der Waals surface area contributed by atoms with E-state index in [1.54, 1.807) is 37.3 Å². The number of hydrogen-bond donors (Lipinski definition) is 1. The smallest absolute Gasteiger partial charge is 0.464 e. The van der Waals surface area contributed by atoms with E-state index in [9.17, 15) is 26.4 Å². The molecule has 1 fully saturated rings. The molecule has 216 valence electrons. The Kier molecular flexibility index (Phi) is 10.00. The van der Waals surface area contributed by atoms with Crippen LogP contribution in [0.5, 0.6) is 5.75 Å². The number of carbonyl (C=O) groups is 1. The zero-order chi connectivity index (χ0) is 29.0. The van der Waals surface area contributed by atoms with E-state index in [2.05, 4.69) is 21.2 Å². The molecule has 0 aliphatic carbocycles. The van der Waals surface area contributed by atoms with Gasteiger partial charge in [-0.1, -0.05) is 35.6 Å². The van der Waals surface area contributed by atoms with Crippen molar-refractivity contribution in [2.24, 2.45) is 0 Å². The minimum absolute atomic E-state index is 0.000636. The molecule has 2 aromatic rings. The van der Waals surface area contributed by atoms with Crippen molar-refractivity contribution in [3.05, 3.63) is 46.4 Å². The van der Waals surface area contributed by atoms with Crippen molar-refractivity contribution in [3.63, 3.8) is 0 Å². The SMILES string of the molecule is CCOC(=O)C(Cc1cc(OS(=O)(=O)C(F)(F)F)c([Si](C)(C)C)c(N2CCOCC2)c1)Nc1ccc(Br)cc1. The zero-order valence-corrected chi connectivity index (χ0v) is 25.5. The van der Waals surface area contributed by atoms with Gasteiger partial charge in [0.2, 0.25) is 0 Å². The molecule has 0 radical (unpaired) electrons. The highest BCUT2D eigenvalue weighted by atomic mass is 79.9. The Morgan fingerprint density at radius 1 is 1.15 bits per heavy atom. The molecule has 0 bridgehead atoms. The first-order valence-corrected chi connectivity index (χ1v) is 18.0. The number of nitrogens with zero attached hydrogens (tertiary/aromatic N) is 1. The molecular weight excluding hydrogens is 621 g/mol. The van der Waals surface area contributed by atoms with Crippen LogP contribution in [0.1, 0.15) is 12.5 Å². The van der Waals surface area contributed by atoms with Crippen molar-refractivity contribution >= 4 is 56.7 Å². The number of esters is 1. The van der Waals surface area contributed by atoms with Gasteiger partial charge in [-0.25, -0.2) is 4.79 Å². The molecule has 0 aromatic heterocycles. The van der Waals surface area contributed by atoms with Gasteiger partial charge in [-0.15, -0.1) is 0 Å². The molecule has 0 spiro atoms. The third-order valence-electron chi connectivity index (χ3n) is 5.92. The van der Waals surface area contributed by atoms with Gasteiger partial charge in [0.15, 0.2) is 0 Å². The van der Waals surface area contributed by atoms with Crippen LogP contribution in [0.4, 0.5) is 24.5 Å². The second kappa shape index (κ2) is 12.5. The van der Waals surface area contributed by atoms with Gasteiger partial charge in [-0.2, -0.15) is 21.6 Å². The number of carbonyl (C=O) groups excluding carboxylic acids is 1. The fourth-order valence-corrected chi connectivity index (χ4v) is 6.89. The summed E-state index contributed by atoms with van der Waals surface area (Å²) in [5.41, 5.74) is -3.99. The summed E-state index contributed by atoms with van der Waals surface area (Å²) in [6, 6.07) is 9.27. The Labute approximate surface area is 236 Å². The molecule has 14 heteroatoms. The lowest BCUT2D eigenvalue weighted by molar-refractivity contribution is -0.144. The van der Waals surface area contributed by atoms with E-state index in [-0.39, 0.29) is 18.8 Å². The van der Waals surface area contributed by atoms with E-state index in [1.165, 1.54) is 6.07 Å². The van der Waals surface area contributed by atoms with Crippen molar-refractivity contribution in [2.45, 2.75) is 44.5 Å². The number of ether oxygens (including phenoxy) is 2. The van der Waals surface area contributed by atoms with Crippen molar-refractivity contribution in [3.8, 4) is 5.75 Å². The maximum absolute atomic E-state index is 13.4. The first kappa shape index (κ1) is 31.2. The molecule has 39 heavy (non-hydrogen) atoms. The van der Waals surface area contributed by atoms with Crippen LogP contribution in [0.3, 0.4) is 0 Å². The first-order valence-electron chi connectivity index (χ1n) is 12.3. The lowest BCUT2D eigenvalue weighted by atomic mass is 10.0. The number of anilines is 2. The molecule has 1 unspecified atom stereocenters. The van der Waals surface area contributed by atoms with Crippen LogP contribution in [0, 0.1) is 0 Å². The Morgan fingerprint density at radius 2 is 1.77 bits per heavy atom. The number of halogens is 4. The summed E-state index contributed by atoms with van der Waals surface area (Å²) in [4.78, 5) is 14.8. The molecule has 1 N–H and O–H groups in total. The molecule has 1 atom stereocenters. The van der Waals surface area contributed by atoms with Crippen LogP contribution in [-0.4, -0.2) is 66.9 Å². The summed E-state index contributed by atoms with van der Waals surface area (Å²) in [6.07, 6.45) is 0.000636. The van der Waals surface area contributed by atoms with Crippen LogP contribution in [0.25, 0.3) is 0 Å². The van der Waals surface area contributed by atoms with E-state index in [0.29, 0.717) is 48.4 Å². The molecular formula is C25H32BrF3N2O6SSi. The highest BCUT2D eigenvalue weighted by molar-refractivity contribution is 9.10. The van der Waals surface area contributed by atoms with Gasteiger partial charge in [0, 0.05) is 40.5 Å². The van der Waals surface area contributed by atoms with Crippen LogP contribution in [0.2, 0.25) is 19.6 Å². The largest absolute Gasteiger partial charge is 0.534 e. The van der Waals surface area contributed by atoms with E-state index in [1.807, 2.05) is 24.5 Å². The summed E-state index contributed by atoms with van der Waals surface area (Å²) < 4.78 is 80.7. The van der Waals surface area contributed by atoms with E-state index in [0.717, 1.165) is 4.47 Å². The molecule has 0 saturated carbocycles. The van der Waals surface area contributed by atoms with E-state index < -0.39 is 35.7 Å². The zero-order valence-electron chi connectivity index (χ0n) is 22.1. The summed E-state index contributed by atoms with van der Waals surface area (Å²) in [6.45, 7) is 9.23.